The van der Waals surface area contributed by atoms with Crippen LogP contribution in [0.3, 0.4) is 0 Å². The van der Waals surface area contributed by atoms with Crippen LogP contribution in [0.15, 0.2) is 12.2 Å². The Morgan fingerprint density at radius 2 is 1.82 bits per heavy atom. The van der Waals surface area contributed by atoms with Crippen molar-refractivity contribution in [1.29, 1.82) is 0 Å². The van der Waals surface area contributed by atoms with E-state index in [1.165, 1.54) is 0 Å². The average molecular weight is 262 g/mol. The Labute approximate surface area is 112 Å². The molecule has 0 aliphatic heterocycles. The van der Waals surface area contributed by atoms with Crippen LogP contribution in [0.2, 0.25) is 0 Å². The third-order valence-electron chi connectivity index (χ3n) is 3.05. The van der Waals surface area contributed by atoms with E-state index in [2.05, 4.69) is 44.7 Å². The van der Waals surface area contributed by atoms with Crippen LogP contribution in [0.1, 0.15) is 54.4 Å². The summed E-state index contributed by atoms with van der Waals surface area (Å²) in [5.41, 5.74) is -0.749. The molecule has 17 heavy (non-hydrogen) atoms. The van der Waals surface area contributed by atoms with Crippen LogP contribution in [0.25, 0.3) is 0 Å². The molecule has 2 unspecified atom stereocenters. The van der Waals surface area contributed by atoms with Crippen molar-refractivity contribution in [3.63, 3.8) is 0 Å². The molecule has 0 aromatic heterocycles. The number of aliphatic hydroxyl groups is 1. The number of nitrogens with one attached hydrogen (secondary N) is 1. The first-order chi connectivity index (χ1) is 7.64. The first-order valence-electron chi connectivity index (χ1n) is 6.39. The van der Waals surface area contributed by atoms with Crippen molar-refractivity contribution in [2.75, 3.05) is 0 Å². The summed E-state index contributed by atoms with van der Waals surface area (Å²) in [5.74, 6) is 0.338. The van der Waals surface area contributed by atoms with Gasteiger partial charge in [0.25, 0.3) is 0 Å². The minimum Gasteiger partial charge on any atom is -0.390 e. The minimum atomic E-state index is -0.677. The fraction of sp³-hybridized carbons (Fsp3) is 0.857. The maximum atomic E-state index is 9.97. The number of rotatable bonds is 7. The molecule has 2 N–H and O–H groups in total. The van der Waals surface area contributed by atoms with Crippen LogP contribution in [0, 0.1) is 11.3 Å². The van der Waals surface area contributed by atoms with Crippen molar-refractivity contribution in [2.24, 2.45) is 11.3 Å². The Hall–Kier alpha value is -0.0500. The van der Waals surface area contributed by atoms with Crippen LogP contribution < -0.4 is 4.84 Å². The third-order valence-corrected chi connectivity index (χ3v) is 3.28. The molecular weight excluding hydrogens is 234 g/mol. The highest BCUT2D eigenvalue weighted by Crippen LogP contribution is 2.35. The minimum absolute atomic E-state index is 0.0719. The predicted octanol–water partition coefficient (Wildman–Crippen LogP) is 3.89. The number of halogens is 1. The molecule has 0 bridgehead atoms. The highest BCUT2D eigenvalue weighted by molar-refractivity contribution is 6.13. The summed E-state index contributed by atoms with van der Waals surface area (Å²) in [6.07, 6.45) is 6.08. The lowest BCUT2D eigenvalue weighted by atomic mass is 9.72. The Morgan fingerprint density at radius 3 is 2.18 bits per heavy atom. The van der Waals surface area contributed by atoms with E-state index in [0.29, 0.717) is 12.3 Å². The van der Waals surface area contributed by atoms with Crippen molar-refractivity contribution in [3.05, 3.63) is 12.2 Å². The molecule has 0 rings (SSSR count). The first kappa shape index (κ1) is 16.9. The fourth-order valence-electron chi connectivity index (χ4n) is 2.65. The predicted molar refractivity (Wildman–Crippen MR) is 76.1 cm³/mol. The smallest absolute Gasteiger partial charge is 0.0597 e. The third kappa shape index (κ3) is 6.44. The number of hydrogen-bond acceptors (Lipinski definition) is 2. The van der Waals surface area contributed by atoms with Gasteiger partial charge in [-0.15, -0.1) is 0 Å². The Bertz CT molecular complexity index is 243. The molecule has 0 radical (unpaired) electrons. The molecule has 2 atom stereocenters. The summed E-state index contributed by atoms with van der Waals surface area (Å²) in [6, 6.07) is 0.137. The topological polar surface area (TPSA) is 32.3 Å². The molecule has 102 valence electrons. The maximum Gasteiger partial charge on any atom is 0.0597 e. The first-order valence-corrected chi connectivity index (χ1v) is 6.77. The van der Waals surface area contributed by atoms with Crippen molar-refractivity contribution >= 4 is 11.8 Å². The molecule has 0 saturated carbocycles. The van der Waals surface area contributed by atoms with Gasteiger partial charge in [0.2, 0.25) is 0 Å². The maximum absolute atomic E-state index is 9.97. The molecule has 2 nitrogen and oxygen atoms in total. The standard InChI is InChI=1S/C14H28ClNO/c1-7-8-9-11(2)12(16-15)13(3,4)10-14(5,6)17/h8-9,11-12,16-17H,7,10H2,1-6H3. The summed E-state index contributed by atoms with van der Waals surface area (Å²) in [4.78, 5) is 2.88. The highest BCUT2D eigenvalue weighted by atomic mass is 35.5. The lowest BCUT2D eigenvalue weighted by molar-refractivity contribution is 0.0176. The zero-order chi connectivity index (χ0) is 13.7. The van der Waals surface area contributed by atoms with E-state index >= 15 is 0 Å². The quantitative estimate of drug-likeness (QED) is 0.538. The molecule has 0 amide bonds. The van der Waals surface area contributed by atoms with E-state index in [1.807, 2.05) is 13.8 Å². The monoisotopic (exact) mass is 261 g/mol. The van der Waals surface area contributed by atoms with Crippen molar-refractivity contribution < 1.29 is 5.11 Å². The van der Waals surface area contributed by atoms with Crippen molar-refractivity contribution in [1.82, 2.24) is 4.84 Å². The summed E-state index contributed by atoms with van der Waals surface area (Å²) in [7, 11) is 0. The summed E-state index contributed by atoms with van der Waals surface area (Å²) < 4.78 is 0. The van der Waals surface area contributed by atoms with Crippen molar-refractivity contribution in [3.8, 4) is 0 Å². The summed E-state index contributed by atoms with van der Waals surface area (Å²) in [5, 5.41) is 9.97. The van der Waals surface area contributed by atoms with Crippen molar-refractivity contribution in [2.45, 2.75) is 66.0 Å². The van der Waals surface area contributed by atoms with Gasteiger partial charge in [-0.25, -0.2) is 4.84 Å². The van der Waals surface area contributed by atoms with Gasteiger partial charge in [-0.1, -0.05) is 39.8 Å². The van der Waals surface area contributed by atoms with E-state index in [4.69, 9.17) is 11.8 Å². The molecule has 0 aromatic rings. The second-order valence-corrected chi connectivity index (χ2v) is 6.48. The number of allylic oxidation sites excluding steroid dienone is 1. The summed E-state index contributed by atoms with van der Waals surface area (Å²) in [6.45, 7) is 12.2. The molecule has 0 aliphatic rings. The molecule has 0 spiro atoms. The normalized spacial score (nSPS) is 17.4. The Balaban J connectivity index is 4.78. The van der Waals surface area contributed by atoms with E-state index in [0.717, 1.165) is 6.42 Å². The van der Waals surface area contributed by atoms with Crippen LogP contribution in [-0.2, 0) is 0 Å². The van der Waals surface area contributed by atoms with Gasteiger partial charge in [0.05, 0.1) is 5.60 Å². The van der Waals surface area contributed by atoms with E-state index in [9.17, 15) is 5.11 Å². The average Bonchev–Trinajstić information content (AvgIpc) is 2.11. The lowest BCUT2D eigenvalue weighted by Crippen LogP contribution is -2.45. The fourth-order valence-corrected chi connectivity index (χ4v) is 3.14. The van der Waals surface area contributed by atoms with Gasteiger partial charge in [-0.05, 0) is 49.8 Å². The van der Waals surface area contributed by atoms with Crippen LogP contribution >= 0.6 is 11.8 Å². The molecule has 0 heterocycles. The largest absolute Gasteiger partial charge is 0.390 e. The molecule has 3 heteroatoms. The van der Waals surface area contributed by atoms with Gasteiger partial charge in [-0.3, -0.25) is 0 Å². The lowest BCUT2D eigenvalue weighted by Gasteiger charge is -2.40. The SMILES string of the molecule is CCC=CC(C)C(NCl)C(C)(C)CC(C)(C)O. The molecule has 0 aliphatic carbocycles. The van der Waals surface area contributed by atoms with E-state index < -0.39 is 5.60 Å². The Kier molecular flexibility index (Phi) is 6.75. The van der Waals surface area contributed by atoms with E-state index in [1.54, 1.807) is 0 Å². The van der Waals surface area contributed by atoms with Gasteiger partial charge in [0, 0.05) is 6.04 Å². The van der Waals surface area contributed by atoms with Gasteiger partial charge in [-0.2, -0.15) is 0 Å². The molecule has 0 aromatic carbocycles. The van der Waals surface area contributed by atoms with Gasteiger partial charge >= 0.3 is 0 Å². The van der Waals surface area contributed by atoms with Gasteiger partial charge in [0.1, 0.15) is 0 Å². The second kappa shape index (κ2) is 6.77. The molecule has 0 fully saturated rings. The van der Waals surface area contributed by atoms with Crippen LogP contribution in [-0.4, -0.2) is 16.7 Å². The Morgan fingerprint density at radius 1 is 1.29 bits per heavy atom. The van der Waals surface area contributed by atoms with Crippen LogP contribution in [0.4, 0.5) is 0 Å². The van der Waals surface area contributed by atoms with Gasteiger partial charge in [0.15, 0.2) is 0 Å². The molecular formula is C14H28ClNO. The zero-order valence-corrected chi connectivity index (χ0v) is 12.8. The second-order valence-electron chi connectivity index (χ2n) is 6.26. The summed E-state index contributed by atoms with van der Waals surface area (Å²) >= 11 is 5.89. The van der Waals surface area contributed by atoms with Gasteiger partial charge < -0.3 is 5.11 Å². The molecule has 0 saturated heterocycles. The van der Waals surface area contributed by atoms with E-state index in [-0.39, 0.29) is 11.5 Å². The highest BCUT2D eigenvalue weighted by Gasteiger charge is 2.36. The zero-order valence-electron chi connectivity index (χ0n) is 12.0. The van der Waals surface area contributed by atoms with Crippen LogP contribution in [0.5, 0.6) is 0 Å². The number of hydrogen-bond donors (Lipinski definition) is 2.